The predicted octanol–water partition coefficient (Wildman–Crippen LogP) is 2.25. The van der Waals surface area contributed by atoms with Gasteiger partial charge in [0.2, 0.25) is 0 Å². The molecule has 0 saturated carbocycles. The lowest BCUT2D eigenvalue weighted by Crippen LogP contribution is -2.34. The molecule has 19 heavy (non-hydrogen) atoms. The molecule has 106 valence electrons. The molecule has 0 aliphatic heterocycles. The van der Waals surface area contributed by atoms with E-state index in [1.54, 1.807) is 20.1 Å². The van der Waals surface area contributed by atoms with Crippen LogP contribution in [-0.2, 0) is 15.9 Å². The Morgan fingerprint density at radius 1 is 1.47 bits per heavy atom. The predicted molar refractivity (Wildman–Crippen MR) is 75.7 cm³/mol. The van der Waals surface area contributed by atoms with Crippen LogP contribution in [0.25, 0.3) is 0 Å². The van der Waals surface area contributed by atoms with Gasteiger partial charge in [-0.15, -0.1) is 12.4 Å². The Morgan fingerprint density at radius 2 is 2.21 bits per heavy atom. The third-order valence-corrected chi connectivity index (χ3v) is 3.35. The van der Waals surface area contributed by atoms with Gasteiger partial charge in [0.1, 0.15) is 0 Å². The molecular formula is C14H20ClNO3. The molecule has 2 N–H and O–H groups in total. The zero-order valence-electron chi connectivity index (χ0n) is 11.2. The fraction of sp³-hybridized carbons (Fsp3) is 0.500. The number of hydrogen-bond acceptors (Lipinski definition) is 4. The Balaban J connectivity index is 0.00000180. The Kier molecular flexibility index (Phi) is 5.79. The van der Waals surface area contributed by atoms with Crippen molar-refractivity contribution < 1.29 is 14.3 Å². The molecule has 0 spiro atoms. The molecule has 0 radical (unpaired) electrons. The fourth-order valence-corrected chi connectivity index (χ4v) is 2.43. The number of fused-ring (bicyclic) bond motifs is 1. The van der Waals surface area contributed by atoms with Crippen LogP contribution in [0.3, 0.4) is 0 Å². The van der Waals surface area contributed by atoms with Crippen LogP contribution in [0.4, 0.5) is 0 Å². The van der Waals surface area contributed by atoms with Gasteiger partial charge >= 0.3 is 5.97 Å². The van der Waals surface area contributed by atoms with Gasteiger partial charge in [-0.2, -0.15) is 0 Å². The van der Waals surface area contributed by atoms with Gasteiger partial charge in [-0.25, -0.2) is 4.79 Å². The lowest BCUT2D eigenvalue weighted by molar-refractivity contribution is 0.0523. The van der Waals surface area contributed by atoms with Crippen LogP contribution in [0, 0.1) is 0 Å². The smallest absolute Gasteiger partial charge is 0.338 e. The number of carbonyl (C=O) groups excluding carboxylic acids is 1. The van der Waals surface area contributed by atoms with Crippen LogP contribution >= 0.6 is 12.4 Å². The summed E-state index contributed by atoms with van der Waals surface area (Å²) < 4.78 is 10.5. The van der Waals surface area contributed by atoms with E-state index >= 15 is 0 Å². The molecule has 4 nitrogen and oxygen atoms in total. The monoisotopic (exact) mass is 285 g/mol. The van der Waals surface area contributed by atoms with Gasteiger partial charge in [-0.3, -0.25) is 0 Å². The van der Waals surface area contributed by atoms with E-state index < -0.39 is 0 Å². The quantitative estimate of drug-likeness (QED) is 0.865. The highest BCUT2D eigenvalue weighted by molar-refractivity contribution is 5.89. The van der Waals surface area contributed by atoms with E-state index in [4.69, 9.17) is 15.2 Å². The third kappa shape index (κ3) is 3.26. The number of methoxy groups -OCH3 is 1. The first kappa shape index (κ1) is 16.0. The maximum Gasteiger partial charge on any atom is 0.338 e. The molecule has 1 aromatic rings. The van der Waals surface area contributed by atoms with Crippen LogP contribution in [-0.4, -0.2) is 25.7 Å². The number of nitrogens with two attached hydrogens (primary N) is 1. The molecule has 1 aliphatic carbocycles. The number of hydrogen-bond donors (Lipinski definition) is 1. The van der Waals surface area contributed by atoms with Crippen molar-refractivity contribution in [2.75, 3.05) is 13.7 Å². The third-order valence-electron chi connectivity index (χ3n) is 3.35. The molecule has 2 atom stereocenters. The van der Waals surface area contributed by atoms with Crippen molar-refractivity contribution in [1.82, 2.24) is 0 Å². The van der Waals surface area contributed by atoms with Crippen molar-refractivity contribution >= 4 is 18.4 Å². The van der Waals surface area contributed by atoms with Gasteiger partial charge in [0.15, 0.2) is 0 Å². The van der Waals surface area contributed by atoms with Crippen LogP contribution in [0.2, 0.25) is 0 Å². The normalized spacial score (nSPS) is 21.2. The fourth-order valence-electron chi connectivity index (χ4n) is 2.43. The number of carbonyl (C=O) groups is 1. The first-order chi connectivity index (χ1) is 8.67. The number of rotatable bonds is 3. The van der Waals surface area contributed by atoms with Crippen molar-refractivity contribution in [3.8, 4) is 0 Å². The zero-order chi connectivity index (χ0) is 13.1. The summed E-state index contributed by atoms with van der Waals surface area (Å²) in [6.07, 6.45) is 1.70. The van der Waals surface area contributed by atoms with Gasteiger partial charge < -0.3 is 15.2 Å². The van der Waals surface area contributed by atoms with Gasteiger partial charge in [0.25, 0.3) is 0 Å². The van der Waals surface area contributed by atoms with E-state index in [0.29, 0.717) is 12.2 Å². The second-order valence-electron chi connectivity index (χ2n) is 4.49. The van der Waals surface area contributed by atoms with Gasteiger partial charge in [0, 0.05) is 13.2 Å². The molecular weight excluding hydrogens is 266 g/mol. The highest BCUT2D eigenvalue weighted by Crippen LogP contribution is 2.32. The van der Waals surface area contributed by atoms with E-state index in [0.717, 1.165) is 18.4 Å². The molecule has 0 heterocycles. The average Bonchev–Trinajstić information content (AvgIpc) is 2.38. The first-order valence-electron chi connectivity index (χ1n) is 6.25. The number of aryl methyl sites for hydroxylation is 1. The molecule has 0 bridgehead atoms. The molecule has 0 fully saturated rings. The average molecular weight is 286 g/mol. The van der Waals surface area contributed by atoms with E-state index in [1.807, 2.05) is 12.1 Å². The Bertz CT molecular complexity index is 450. The van der Waals surface area contributed by atoms with Crippen molar-refractivity contribution in [2.45, 2.75) is 31.9 Å². The van der Waals surface area contributed by atoms with E-state index in [2.05, 4.69) is 0 Å². The van der Waals surface area contributed by atoms with Crippen LogP contribution < -0.4 is 5.73 Å². The van der Waals surface area contributed by atoms with Crippen LogP contribution in [0.5, 0.6) is 0 Å². The molecule has 0 saturated heterocycles. The van der Waals surface area contributed by atoms with E-state index in [1.165, 1.54) is 5.56 Å². The number of halogens is 1. The molecule has 1 aromatic carbocycles. The number of benzene rings is 1. The minimum atomic E-state index is -0.297. The Hall–Kier alpha value is -1.10. The molecule has 1 unspecified atom stereocenters. The molecule has 2 rings (SSSR count). The lowest BCUT2D eigenvalue weighted by atomic mass is 9.85. The van der Waals surface area contributed by atoms with Crippen LogP contribution in [0.15, 0.2) is 18.2 Å². The number of esters is 1. The van der Waals surface area contributed by atoms with Gasteiger partial charge in [-0.1, -0.05) is 6.07 Å². The topological polar surface area (TPSA) is 61.5 Å². The van der Waals surface area contributed by atoms with Crippen LogP contribution in [0.1, 0.15) is 40.9 Å². The standard InChI is InChI=1S/C14H19NO3.ClH/c1-3-18-14(16)10-5-4-9-6-7-12(15)13(17-2)11(9)8-10;/h4-5,8,12-13H,3,6-7,15H2,1-2H3;1H/t12?,13-;/m0./s1. The minimum absolute atomic E-state index is 0. The van der Waals surface area contributed by atoms with Gasteiger partial charge in [-0.05, 0) is 43.0 Å². The molecule has 0 amide bonds. The van der Waals surface area contributed by atoms with Crippen molar-refractivity contribution in [1.29, 1.82) is 0 Å². The molecule has 0 aromatic heterocycles. The van der Waals surface area contributed by atoms with Crippen molar-refractivity contribution in [2.24, 2.45) is 5.73 Å². The summed E-state index contributed by atoms with van der Waals surface area (Å²) in [6.45, 7) is 2.17. The second kappa shape index (κ2) is 6.89. The summed E-state index contributed by atoms with van der Waals surface area (Å²) in [5.41, 5.74) is 8.83. The lowest BCUT2D eigenvalue weighted by Gasteiger charge is -2.30. The largest absolute Gasteiger partial charge is 0.462 e. The Morgan fingerprint density at radius 3 is 2.84 bits per heavy atom. The first-order valence-corrected chi connectivity index (χ1v) is 6.25. The maximum absolute atomic E-state index is 11.7. The highest BCUT2D eigenvalue weighted by atomic mass is 35.5. The summed E-state index contributed by atoms with van der Waals surface area (Å²) >= 11 is 0. The second-order valence-corrected chi connectivity index (χ2v) is 4.49. The Labute approximate surface area is 119 Å². The SMILES string of the molecule is CCOC(=O)c1ccc2c(c1)[C@H](OC)C(N)CC2.Cl. The van der Waals surface area contributed by atoms with Gasteiger partial charge in [0.05, 0.1) is 18.3 Å². The maximum atomic E-state index is 11.7. The van der Waals surface area contributed by atoms with Crippen molar-refractivity contribution in [3.05, 3.63) is 34.9 Å². The van der Waals surface area contributed by atoms with E-state index in [-0.39, 0.29) is 30.5 Å². The molecule has 5 heteroatoms. The van der Waals surface area contributed by atoms with Crippen molar-refractivity contribution in [3.63, 3.8) is 0 Å². The highest BCUT2D eigenvalue weighted by Gasteiger charge is 2.27. The minimum Gasteiger partial charge on any atom is -0.462 e. The summed E-state index contributed by atoms with van der Waals surface area (Å²) in [5, 5.41) is 0. The summed E-state index contributed by atoms with van der Waals surface area (Å²) in [4.78, 5) is 11.7. The summed E-state index contributed by atoms with van der Waals surface area (Å²) in [7, 11) is 1.65. The summed E-state index contributed by atoms with van der Waals surface area (Å²) in [6, 6.07) is 5.61. The number of ether oxygens (including phenoxy) is 2. The van der Waals surface area contributed by atoms with E-state index in [9.17, 15) is 4.79 Å². The molecule has 1 aliphatic rings. The zero-order valence-corrected chi connectivity index (χ0v) is 12.0. The summed E-state index contributed by atoms with van der Waals surface area (Å²) in [5.74, 6) is -0.297.